The van der Waals surface area contributed by atoms with Crippen LogP contribution < -0.4 is 10.6 Å². The summed E-state index contributed by atoms with van der Waals surface area (Å²) in [6.07, 6.45) is 8.96. The average molecular weight is 339 g/mol. The molecule has 4 rings (SSSR count). The molecule has 3 N–H and O–H groups in total. The van der Waals surface area contributed by atoms with Crippen molar-refractivity contribution in [3.63, 3.8) is 0 Å². The highest BCUT2D eigenvalue weighted by Gasteiger charge is 2.21. The second-order valence-corrected chi connectivity index (χ2v) is 7.31. The molecule has 1 aromatic carbocycles. The first kappa shape index (κ1) is 16.2. The van der Waals surface area contributed by atoms with Gasteiger partial charge in [0.2, 0.25) is 0 Å². The Morgan fingerprint density at radius 1 is 1.04 bits per heavy atom. The Bertz CT molecular complexity index is 803. The highest BCUT2D eigenvalue weighted by atomic mass is 16.2. The fourth-order valence-electron chi connectivity index (χ4n) is 4.15. The predicted molar refractivity (Wildman–Crippen MR) is 97.2 cm³/mol. The molecule has 0 radical (unpaired) electrons. The van der Waals surface area contributed by atoms with Crippen LogP contribution in [0.1, 0.15) is 55.3 Å². The fraction of sp³-hybridized carbons (Fsp3) is 0.500. The van der Waals surface area contributed by atoms with Crippen molar-refractivity contribution in [1.29, 1.82) is 0 Å². The lowest BCUT2D eigenvalue weighted by molar-refractivity contribution is -0.139. The molecule has 0 unspecified atom stereocenters. The van der Waals surface area contributed by atoms with E-state index in [9.17, 15) is 9.59 Å². The SMILES string of the molecule is O=C(NCc1ccc2[nH]c3c(c2c1)CCCC3)C(=O)NC1CCCC1. The molecule has 0 atom stereocenters. The number of rotatable bonds is 3. The van der Waals surface area contributed by atoms with Gasteiger partial charge in [0.05, 0.1) is 0 Å². The summed E-state index contributed by atoms with van der Waals surface area (Å²) in [7, 11) is 0. The van der Waals surface area contributed by atoms with Crippen LogP contribution in [0.3, 0.4) is 0 Å². The van der Waals surface area contributed by atoms with Gasteiger partial charge in [-0.1, -0.05) is 18.9 Å². The van der Waals surface area contributed by atoms with Crippen LogP contribution in [0.4, 0.5) is 0 Å². The van der Waals surface area contributed by atoms with Gasteiger partial charge in [-0.15, -0.1) is 0 Å². The Labute approximate surface area is 147 Å². The van der Waals surface area contributed by atoms with Crippen LogP contribution >= 0.6 is 0 Å². The Morgan fingerprint density at radius 2 is 1.84 bits per heavy atom. The molecule has 1 fully saturated rings. The van der Waals surface area contributed by atoms with Crippen molar-refractivity contribution in [2.45, 2.75) is 64.0 Å². The maximum atomic E-state index is 12.0. The molecule has 0 bridgehead atoms. The van der Waals surface area contributed by atoms with Crippen molar-refractivity contribution >= 4 is 22.7 Å². The molecular formula is C20H25N3O2. The molecule has 2 aliphatic carbocycles. The second-order valence-electron chi connectivity index (χ2n) is 7.31. The monoisotopic (exact) mass is 339 g/mol. The van der Waals surface area contributed by atoms with Crippen molar-refractivity contribution < 1.29 is 9.59 Å². The van der Waals surface area contributed by atoms with Gasteiger partial charge in [0.25, 0.3) is 0 Å². The number of amides is 2. The molecule has 132 valence electrons. The number of aryl methyl sites for hydroxylation is 2. The first-order valence-electron chi connectivity index (χ1n) is 9.42. The standard InChI is InChI=1S/C20H25N3O2/c24-19(20(25)22-14-5-1-2-6-14)21-12-13-9-10-18-16(11-13)15-7-3-4-8-17(15)23-18/h9-11,14,23H,1-8,12H2,(H,21,24)(H,22,25). The van der Waals surface area contributed by atoms with E-state index in [0.29, 0.717) is 6.54 Å². The van der Waals surface area contributed by atoms with E-state index < -0.39 is 11.8 Å². The number of hydrogen-bond donors (Lipinski definition) is 3. The fourth-order valence-corrected chi connectivity index (χ4v) is 4.15. The van der Waals surface area contributed by atoms with Gasteiger partial charge in [-0.3, -0.25) is 9.59 Å². The highest BCUT2D eigenvalue weighted by molar-refractivity contribution is 6.35. The minimum absolute atomic E-state index is 0.168. The maximum absolute atomic E-state index is 12.0. The zero-order valence-electron chi connectivity index (χ0n) is 14.5. The summed E-state index contributed by atoms with van der Waals surface area (Å²) >= 11 is 0. The lowest BCUT2D eigenvalue weighted by Crippen LogP contribution is -2.43. The zero-order chi connectivity index (χ0) is 17.2. The van der Waals surface area contributed by atoms with Gasteiger partial charge >= 0.3 is 11.8 Å². The molecule has 0 aliphatic heterocycles. The largest absolute Gasteiger partial charge is 0.358 e. The third-order valence-corrected chi connectivity index (χ3v) is 5.51. The third-order valence-electron chi connectivity index (χ3n) is 5.51. The van der Waals surface area contributed by atoms with E-state index in [1.54, 1.807) is 0 Å². The summed E-state index contributed by atoms with van der Waals surface area (Å²) in [6, 6.07) is 6.40. The molecule has 2 aromatic rings. The smallest absolute Gasteiger partial charge is 0.309 e. The van der Waals surface area contributed by atoms with E-state index in [4.69, 9.17) is 0 Å². The number of hydrogen-bond acceptors (Lipinski definition) is 2. The summed E-state index contributed by atoms with van der Waals surface area (Å²) in [4.78, 5) is 27.5. The van der Waals surface area contributed by atoms with E-state index >= 15 is 0 Å². The lowest BCUT2D eigenvalue weighted by Gasteiger charge is -2.12. The summed E-state index contributed by atoms with van der Waals surface area (Å²) < 4.78 is 0. The molecule has 2 aliphatic rings. The first-order valence-corrected chi connectivity index (χ1v) is 9.42. The molecule has 2 amide bonds. The molecule has 5 nitrogen and oxygen atoms in total. The van der Waals surface area contributed by atoms with E-state index in [2.05, 4.69) is 27.8 Å². The first-order chi connectivity index (χ1) is 12.2. The van der Waals surface area contributed by atoms with Crippen LogP contribution in [0.5, 0.6) is 0 Å². The van der Waals surface area contributed by atoms with Gasteiger partial charge in [0, 0.05) is 29.2 Å². The van der Waals surface area contributed by atoms with Crippen LogP contribution in [0.25, 0.3) is 10.9 Å². The van der Waals surface area contributed by atoms with Gasteiger partial charge in [0.15, 0.2) is 0 Å². The Hall–Kier alpha value is -2.30. The minimum atomic E-state index is -0.539. The van der Waals surface area contributed by atoms with Crippen molar-refractivity contribution in [2.24, 2.45) is 0 Å². The van der Waals surface area contributed by atoms with Gasteiger partial charge in [-0.05, 0) is 61.8 Å². The van der Waals surface area contributed by atoms with Crippen LogP contribution in [0.2, 0.25) is 0 Å². The summed E-state index contributed by atoms with van der Waals surface area (Å²) in [6.45, 7) is 0.382. The molecular weight excluding hydrogens is 314 g/mol. The number of carbonyl (C=O) groups excluding carboxylic acids is 2. The molecule has 25 heavy (non-hydrogen) atoms. The molecule has 0 spiro atoms. The normalized spacial score (nSPS) is 17.4. The number of fused-ring (bicyclic) bond motifs is 3. The van der Waals surface area contributed by atoms with E-state index in [-0.39, 0.29) is 6.04 Å². The van der Waals surface area contributed by atoms with Gasteiger partial charge in [-0.25, -0.2) is 0 Å². The quantitative estimate of drug-likeness (QED) is 0.752. The van der Waals surface area contributed by atoms with Gasteiger partial charge in [0.1, 0.15) is 0 Å². The van der Waals surface area contributed by atoms with Crippen molar-refractivity contribution in [3.8, 4) is 0 Å². The van der Waals surface area contributed by atoms with E-state index in [0.717, 1.165) is 44.1 Å². The predicted octanol–water partition coefficient (Wildman–Crippen LogP) is 2.72. The number of aromatic nitrogens is 1. The Balaban J connectivity index is 1.40. The van der Waals surface area contributed by atoms with E-state index in [1.165, 1.54) is 35.0 Å². The van der Waals surface area contributed by atoms with Crippen molar-refractivity contribution in [1.82, 2.24) is 15.6 Å². The van der Waals surface area contributed by atoms with Crippen LogP contribution in [0.15, 0.2) is 18.2 Å². The topological polar surface area (TPSA) is 74.0 Å². The molecule has 1 saturated carbocycles. The Morgan fingerprint density at radius 3 is 2.68 bits per heavy atom. The number of carbonyl (C=O) groups is 2. The third kappa shape index (κ3) is 3.41. The average Bonchev–Trinajstić information content (AvgIpc) is 3.26. The summed E-state index contributed by atoms with van der Waals surface area (Å²) in [5, 5.41) is 6.83. The number of benzene rings is 1. The van der Waals surface area contributed by atoms with Gasteiger partial charge in [-0.2, -0.15) is 0 Å². The number of aromatic amines is 1. The second kappa shape index (κ2) is 6.90. The van der Waals surface area contributed by atoms with Gasteiger partial charge < -0.3 is 15.6 Å². The molecule has 1 heterocycles. The number of nitrogens with one attached hydrogen (secondary N) is 3. The zero-order valence-corrected chi connectivity index (χ0v) is 14.5. The maximum Gasteiger partial charge on any atom is 0.309 e. The van der Waals surface area contributed by atoms with Crippen LogP contribution in [-0.2, 0) is 29.0 Å². The van der Waals surface area contributed by atoms with Crippen LogP contribution in [0, 0.1) is 0 Å². The summed E-state index contributed by atoms with van der Waals surface area (Å²) in [5.74, 6) is -1.05. The van der Waals surface area contributed by atoms with Crippen molar-refractivity contribution in [2.75, 3.05) is 0 Å². The minimum Gasteiger partial charge on any atom is -0.358 e. The molecule has 0 saturated heterocycles. The molecule has 1 aromatic heterocycles. The summed E-state index contributed by atoms with van der Waals surface area (Å²) in [5.41, 5.74) is 4.98. The lowest BCUT2D eigenvalue weighted by atomic mass is 9.95. The number of H-pyrrole nitrogens is 1. The van der Waals surface area contributed by atoms with E-state index in [1.807, 2.05) is 6.07 Å². The van der Waals surface area contributed by atoms with Crippen LogP contribution in [-0.4, -0.2) is 22.8 Å². The molecule has 5 heteroatoms. The Kier molecular flexibility index (Phi) is 4.47. The highest BCUT2D eigenvalue weighted by Crippen LogP contribution is 2.29. The van der Waals surface area contributed by atoms with Crippen molar-refractivity contribution in [3.05, 3.63) is 35.0 Å².